The van der Waals surface area contributed by atoms with Crippen molar-refractivity contribution < 1.29 is 26.0 Å². The number of hydrogen-bond donors (Lipinski definition) is 1. The van der Waals surface area contributed by atoms with E-state index in [0.717, 1.165) is 40.7 Å². The van der Waals surface area contributed by atoms with E-state index in [1.54, 1.807) is 0 Å². The molecule has 2 nitrogen and oxygen atoms in total. The Kier molecular flexibility index (Phi) is 10.2. The van der Waals surface area contributed by atoms with Gasteiger partial charge in [0.2, 0.25) is 0 Å². The van der Waals surface area contributed by atoms with Gasteiger partial charge in [0.05, 0.1) is 0 Å². The number of halogens is 2. The maximum atomic E-state index is 11.4. The van der Waals surface area contributed by atoms with Crippen LogP contribution in [-0.4, -0.2) is 17.4 Å². The van der Waals surface area contributed by atoms with Crippen molar-refractivity contribution in [2.24, 2.45) is 4.99 Å². The Hall–Kier alpha value is -1.41. The standard InChI is InChI=1S/C28H31NO.2ClH.Zr/c1-21-18-22(20-29-25-16-10-5-11-17-25)27(30)26(19-21)28(2,23-12-6-3-7-13-23)24-14-8-4-9-15-24;;;/h3-4,6-9,12-15,18-20,25,30H,5,10-11,16-17H2,1-2H3;2*1H;/q;;;+2/p-2. The van der Waals surface area contributed by atoms with Crippen LogP contribution in [0.1, 0.15) is 66.8 Å². The molecule has 0 radical (unpaired) electrons. The Bertz CT molecular complexity index is 995. The first-order chi connectivity index (χ1) is 16.0. The molecule has 33 heavy (non-hydrogen) atoms. The van der Waals surface area contributed by atoms with Crippen molar-refractivity contribution in [1.82, 2.24) is 0 Å². The van der Waals surface area contributed by atoms with Gasteiger partial charge >= 0.3 is 37.9 Å². The molecule has 3 aromatic carbocycles. The van der Waals surface area contributed by atoms with Crippen LogP contribution >= 0.6 is 17.0 Å². The zero-order valence-electron chi connectivity index (χ0n) is 19.3. The summed E-state index contributed by atoms with van der Waals surface area (Å²) in [5, 5.41) is 11.4. The molecule has 172 valence electrons. The van der Waals surface area contributed by atoms with Crippen LogP contribution in [-0.2, 0) is 26.3 Å². The number of hydrogen-bond acceptors (Lipinski definition) is 2. The average molecular weight is 560 g/mol. The summed E-state index contributed by atoms with van der Waals surface area (Å²) in [7, 11) is 9.87. The van der Waals surface area contributed by atoms with E-state index in [1.807, 2.05) is 24.4 Å². The van der Waals surface area contributed by atoms with E-state index in [9.17, 15) is 5.11 Å². The molecule has 4 rings (SSSR count). The second kappa shape index (κ2) is 12.9. The fraction of sp³-hybridized carbons (Fsp3) is 0.321. The zero-order valence-corrected chi connectivity index (χ0v) is 23.2. The first kappa shape index (κ1) is 26.2. The molecular formula is C28H31Cl2NOZr. The fourth-order valence-electron chi connectivity index (χ4n) is 4.72. The molecule has 1 aliphatic carbocycles. The predicted octanol–water partition coefficient (Wildman–Crippen LogP) is 8.18. The Morgan fingerprint density at radius 1 is 0.909 bits per heavy atom. The average Bonchev–Trinajstić information content (AvgIpc) is 2.86. The SMILES string of the molecule is Cc1cc(C=NC2CCCCC2)c(O)c(C(C)(c2ccccc2)c2ccccc2)c1.[Cl][Zr][Cl]. The van der Waals surface area contributed by atoms with Crippen LogP contribution in [0.25, 0.3) is 0 Å². The quantitative estimate of drug-likeness (QED) is 0.248. The molecule has 0 heterocycles. The van der Waals surface area contributed by atoms with Crippen molar-refractivity contribution in [3.63, 3.8) is 0 Å². The van der Waals surface area contributed by atoms with E-state index in [4.69, 9.17) is 22.0 Å². The van der Waals surface area contributed by atoms with Gasteiger partial charge in [0.15, 0.2) is 0 Å². The normalized spacial score (nSPS) is 14.5. The Morgan fingerprint density at radius 2 is 1.42 bits per heavy atom. The third-order valence-electron chi connectivity index (χ3n) is 6.52. The van der Waals surface area contributed by atoms with Crippen molar-refractivity contribution in [3.05, 3.63) is 101 Å². The summed E-state index contributed by atoms with van der Waals surface area (Å²) < 4.78 is 0. The van der Waals surface area contributed by atoms with Gasteiger partial charge in [-0.15, -0.1) is 0 Å². The molecule has 0 aliphatic heterocycles. The first-order valence-corrected chi connectivity index (χ1v) is 17.8. The Morgan fingerprint density at radius 3 is 1.94 bits per heavy atom. The van der Waals surface area contributed by atoms with E-state index in [1.165, 1.54) is 19.3 Å². The van der Waals surface area contributed by atoms with Crippen LogP contribution < -0.4 is 0 Å². The van der Waals surface area contributed by atoms with Gasteiger partial charge in [-0.1, -0.05) is 86.0 Å². The minimum absolute atomic E-state index is 0.329. The molecule has 1 N–H and O–H groups in total. The van der Waals surface area contributed by atoms with Gasteiger partial charge < -0.3 is 5.11 Å². The molecule has 3 aromatic rings. The zero-order chi connectivity index (χ0) is 23.7. The molecular weight excluding hydrogens is 528 g/mol. The molecule has 0 unspecified atom stereocenters. The van der Waals surface area contributed by atoms with E-state index < -0.39 is 26.3 Å². The third-order valence-corrected chi connectivity index (χ3v) is 6.52. The maximum absolute atomic E-state index is 11.4. The monoisotopic (exact) mass is 557 g/mol. The number of benzene rings is 3. The van der Waals surface area contributed by atoms with Gasteiger partial charge in [0.1, 0.15) is 5.75 Å². The van der Waals surface area contributed by atoms with E-state index in [0.29, 0.717) is 11.8 Å². The van der Waals surface area contributed by atoms with Crippen LogP contribution in [0.5, 0.6) is 5.75 Å². The summed E-state index contributed by atoms with van der Waals surface area (Å²) in [6.45, 7) is 4.30. The number of phenols is 1. The fourth-order valence-corrected chi connectivity index (χ4v) is 4.72. The molecule has 0 atom stereocenters. The molecule has 0 bridgehead atoms. The van der Waals surface area contributed by atoms with Gasteiger partial charge in [0, 0.05) is 28.8 Å². The summed E-state index contributed by atoms with van der Waals surface area (Å²) >= 11 is -0.826. The molecule has 1 fully saturated rings. The van der Waals surface area contributed by atoms with Gasteiger partial charge in [-0.25, -0.2) is 0 Å². The van der Waals surface area contributed by atoms with Crippen molar-refractivity contribution in [1.29, 1.82) is 0 Å². The summed E-state index contributed by atoms with van der Waals surface area (Å²) in [6.07, 6.45) is 8.04. The third kappa shape index (κ3) is 6.59. The van der Waals surface area contributed by atoms with E-state index in [-0.39, 0.29) is 0 Å². The molecule has 0 amide bonds. The van der Waals surface area contributed by atoms with Crippen LogP contribution in [0.2, 0.25) is 0 Å². The van der Waals surface area contributed by atoms with Crippen LogP contribution in [0.3, 0.4) is 0 Å². The van der Waals surface area contributed by atoms with Crippen molar-refractivity contribution in [3.8, 4) is 5.75 Å². The second-order valence-electron chi connectivity index (χ2n) is 8.75. The van der Waals surface area contributed by atoms with Gasteiger partial charge in [-0.2, -0.15) is 0 Å². The topological polar surface area (TPSA) is 32.6 Å². The summed E-state index contributed by atoms with van der Waals surface area (Å²) in [5.41, 5.74) is 4.72. The van der Waals surface area contributed by atoms with E-state index in [2.05, 4.69) is 68.4 Å². The molecule has 0 spiro atoms. The number of nitrogens with zero attached hydrogens (tertiary/aromatic N) is 1. The summed E-state index contributed by atoms with van der Waals surface area (Å²) in [4.78, 5) is 4.84. The van der Waals surface area contributed by atoms with Crippen molar-refractivity contribution in [2.45, 2.75) is 57.4 Å². The molecule has 0 aromatic heterocycles. The summed E-state index contributed by atoms with van der Waals surface area (Å²) in [6, 6.07) is 25.4. The van der Waals surface area contributed by atoms with Gasteiger partial charge in [0.25, 0.3) is 0 Å². The first-order valence-electron chi connectivity index (χ1n) is 11.4. The van der Waals surface area contributed by atoms with Crippen molar-refractivity contribution >= 4 is 23.2 Å². The Labute approximate surface area is 216 Å². The number of aromatic hydroxyl groups is 1. The van der Waals surface area contributed by atoms with Crippen LogP contribution in [0.4, 0.5) is 0 Å². The predicted molar refractivity (Wildman–Crippen MR) is 137 cm³/mol. The number of aryl methyl sites for hydroxylation is 1. The molecule has 5 heteroatoms. The number of rotatable bonds is 5. The second-order valence-corrected chi connectivity index (χ2v) is 12.5. The molecule has 0 saturated heterocycles. The number of phenolic OH excluding ortho intramolecular Hbond substituents is 1. The summed E-state index contributed by atoms with van der Waals surface area (Å²) in [5.74, 6) is 0.329. The van der Waals surface area contributed by atoms with Crippen LogP contribution in [0, 0.1) is 6.92 Å². The van der Waals surface area contributed by atoms with Crippen LogP contribution in [0.15, 0.2) is 77.8 Å². The molecule has 1 saturated carbocycles. The molecule has 1 aliphatic rings. The van der Waals surface area contributed by atoms with Gasteiger partial charge in [-0.3, -0.25) is 4.99 Å². The van der Waals surface area contributed by atoms with E-state index >= 15 is 0 Å². The minimum atomic E-state index is -0.826. The van der Waals surface area contributed by atoms with Gasteiger partial charge in [-0.05, 0) is 49.4 Å². The Balaban J connectivity index is 0.000000968. The van der Waals surface area contributed by atoms with Crippen molar-refractivity contribution in [2.75, 3.05) is 0 Å². The number of aliphatic imine (C=N–C) groups is 1.